The number of hydrogen-bond acceptors (Lipinski definition) is 2. The topological polar surface area (TPSA) is 34.1 Å². The molecule has 1 aromatic rings. The summed E-state index contributed by atoms with van der Waals surface area (Å²) in [5.74, 6) is 0.440. The van der Waals surface area contributed by atoms with Gasteiger partial charge >= 0.3 is 0 Å². The van der Waals surface area contributed by atoms with Gasteiger partial charge < -0.3 is 0 Å². The van der Waals surface area contributed by atoms with Crippen molar-refractivity contribution in [1.82, 2.24) is 0 Å². The van der Waals surface area contributed by atoms with Crippen LogP contribution in [0.4, 0.5) is 0 Å². The third kappa shape index (κ3) is 2.21. The molecule has 2 heteroatoms. The Balaban J connectivity index is 2.04. The summed E-state index contributed by atoms with van der Waals surface area (Å²) in [6.45, 7) is 6.05. The molecule has 0 bridgehead atoms. The van der Waals surface area contributed by atoms with Crippen LogP contribution < -0.4 is 0 Å². The molecule has 0 radical (unpaired) electrons. The molecule has 0 heterocycles. The van der Waals surface area contributed by atoms with E-state index in [0.29, 0.717) is 18.8 Å². The second-order valence-electron chi connectivity index (χ2n) is 6.58. The molecule has 0 N–H and O–H groups in total. The van der Waals surface area contributed by atoms with Gasteiger partial charge in [-0.3, -0.25) is 9.59 Å². The number of carbonyl (C=O) groups excluding carboxylic acids is 2. The van der Waals surface area contributed by atoms with Crippen molar-refractivity contribution >= 4 is 11.6 Å². The quantitative estimate of drug-likeness (QED) is 0.765. The van der Waals surface area contributed by atoms with Gasteiger partial charge in [0.25, 0.3) is 0 Å². The average Bonchev–Trinajstić information content (AvgIpc) is 3.21. The highest BCUT2D eigenvalue weighted by Crippen LogP contribution is 2.42. The van der Waals surface area contributed by atoms with Crippen LogP contribution in [0.15, 0.2) is 12.1 Å². The van der Waals surface area contributed by atoms with Gasteiger partial charge in [-0.2, -0.15) is 0 Å². The maximum atomic E-state index is 12.5. The summed E-state index contributed by atoms with van der Waals surface area (Å²) >= 11 is 0. The van der Waals surface area contributed by atoms with Crippen LogP contribution in [-0.4, -0.2) is 11.6 Å². The third-order valence-electron chi connectivity index (χ3n) is 4.87. The molecular weight excluding hydrogens is 248 g/mol. The number of Topliss-reactive ketones (excluding diaryl/α,β-unsaturated/α-hetero) is 2. The first-order chi connectivity index (χ1) is 9.49. The lowest BCUT2D eigenvalue weighted by atomic mass is 9.74. The summed E-state index contributed by atoms with van der Waals surface area (Å²) < 4.78 is 0. The molecule has 0 spiro atoms. The Hall–Kier alpha value is -1.44. The van der Waals surface area contributed by atoms with Crippen molar-refractivity contribution in [3.05, 3.63) is 34.4 Å². The number of ketones is 2. The molecule has 106 valence electrons. The Labute approximate surface area is 120 Å². The summed E-state index contributed by atoms with van der Waals surface area (Å²) in [5, 5.41) is 0. The molecule has 0 saturated heterocycles. The van der Waals surface area contributed by atoms with E-state index in [9.17, 15) is 9.59 Å². The van der Waals surface area contributed by atoms with Gasteiger partial charge in [0.15, 0.2) is 5.78 Å². The smallest absolute Gasteiger partial charge is 0.150 e. The van der Waals surface area contributed by atoms with Crippen LogP contribution in [0.2, 0.25) is 0 Å². The number of hydrogen-bond donors (Lipinski definition) is 0. The monoisotopic (exact) mass is 270 g/mol. The minimum absolute atomic E-state index is 0.0135. The summed E-state index contributed by atoms with van der Waals surface area (Å²) in [6, 6.07) is 4.39. The second-order valence-corrected chi connectivity index (χ2v) is 6.58. The molecule has 20 heavy (non-hydrogen) atoms. The van der Waals surface area contributed by atoms with E-state index in [-0.39, 0.29) is 17.5 Å². The van der Waals surface area contributed by atoms with Gasteiger partial charge in [0.05, 0.1) is 0 Å². The fourth-order valence-corrected chi connectivity index (χ4v) is 3.51. The zero-order valence-electron chi connectivity index (χ0n) is 12.5. The van der Waals surface area contributed by atoms with Crippen LogP contribution in [0.5, 0.6) is 0 Å². The summed E-state index contributed by atoms with van der Waals surface area (Å²) in [4.78, 5) is 24.7. The molecule has 2 aliphatic carbocycles. The maximum absolute atomic E-state index is 12.5. The van der Waals surface area contributed by atoms with Crippen molar-refractivity contribution in [2.75, 3.05) is 0 Å². The van der Waals surface area contributed by atoms with Gasteiger partial charge in [0.2, 0.25) is 0 Å². The van der Waals surface area contributed by atoms with Crippen molar-refractivity contribution in [1.29, 1.82) is 0 Å². The third-order valence-corrected chi connectivity index (χ3v) is 4.87. The van der Waals surface area contributed by atoms with E-state index in [1.165, 1.54) is 18.4 Å². The largest absolute Gasteiger partial charge is 0.299 e. The lowest BCUT2D eigenvalue weighted by Crippen LogP contribution is -2.33. The molecule has 2 saturated carbocycles. The molecule has 0 aliphatic heterocycles. The predicted molar refractivity (Wildman–Crippen MR) is 79.0 cm³/mol. The maximum Gasteiger partial charge on any atom is 0.150 e. The Bertz CT molecular complexity index is 558. The molecule has 0 aromatic heterocycles. The average molecular weight is 270 g/mol. The number of aryl methyl sites for hydroxylation is 2. The lowest BCUT2D eigenvalue weighted by Gasteiger charge is -2.27. The lowest BCUT2D eigenvalue weighted by molar-refractivity contribution is -0.134. The molecule has 2 aliphatic rings. The standard InChI is InChI=1S/C18H22O2/c1-10-4-7-15(19)17(18(10)20)16-11(2)8-14(9-12(16)3)13-5-6-13/h8-10,13,17H,4-7H2,1-3H3. The molecule has 0 amide bonds. The van der Waals surface area contributed by atoms with Gasteiger partial charge in [-0.25, -0.2) is 0 Å². The van der Waals surface area contributed by atoms with E-state index in [1.807, 2.05) is 20.8 Å². The van der Waals surface area contributed by atoms with E-state index in [4.69, 9.17) is 0 Å². The van der Waals surface area contributed by atoms with Crippen LogP contribution >= 0.6 is 0 Å². The second kappa shape index (κ2) is 4.83. The van der Waals surface area contributed by atoms with Crippen LogP contribution in [0.25, 0.3) is 0 Å². The number of carbonyl (C=O) groups is 2. The SMILES string of the molecule is Cc1cc(C2CC2)cc(C)c1C1C(=O)CCC(C)C1=O. The van der Waals surface area contributed by atoms with Gasteiger partial charge in [-0.1, -0.05) is 19.1 Å². The first-order valence-electron chi connectivity index (χ1n) is 7.66. The minimum atomic E-state index is -0.507. The highest BCUT2D eigenvalue weighted by Gasteiger charge is 2.37. The molecule has 2 atom stereocenters. The first kappa shape index (κ1) is 13.5. The number of rotatable bonds is 2. The van der Waals surface area contributed by atoms with Gasteiger partial charge in [0, 0.05) is 12.3 Å². The van der Waals surface area contributed by atoms with Crippen molar-refractivity contribution in [2.45, 2.75) is 58.3 Å². The molecule has 2 fully saturated rings. The minimum Gasteiger partial charge on any atom is -0.299 e. The van der Waals surface area contributed by atoms with Crippen LogP contribution in [0.1, 0.15) is 66.7 Å². The summed E-state index contributed by atoms with van der Waals surface area (Å²) in [5.41, 5.74) is 4.60. The van der Waals surface area contributed by atoms with Gasteiger partial charge in [-0.15, -0.1) is 0 Å². The van der Waals surface area contributed by atoms with E-state index in [0.717, 1.165) is 16.7 Å². The van der Waals surface area contributed by atoms with Crippen molar-refractivity contribution < 1.29 is 9.59 Å². The van der Waals surface area contributed by atoms with E-state index in [1.54, 1.807) is 0 Å². The predicted octanol–water partition coefficient (Wildman–Crippen LogP) is 3.83. The Morgan fingerprint density at radius 3 is 2.15 bits per heavy atom. The normalized spacial score (nSPS) is 26.9. The summed E-state index contributed by atoms with van der Waals surface area (Å²) in [7, 11) is 0. The fourth-order valence-electron chi connectivity index (χ4n) is 3.51. The zero-order chi connectivity index (χ0) is 14.4. The highest BCUT2D eigenvalue weighted by molar-refractivity contribution is 6.10. The van der Waals surface area contributed by atoms with Crippen LogP contribution in [0.3, 0.4) is 0 Å². The van der Waals surface area contributed by atoms with Gasteiger partial charge in [-0.05, 0) is 61.3 Å². The van der Waals surface area contributed by atoms with E-state index in [2.05, 4.69) is 12.1 Å². The Kier molecular flexibility index (Phi) is 3.27. The number of benzene rings is 1. The van der Waals surface area contributed by atoms with Crippen LogP contribution in [0, 0.1) is 19.8 Å². The molecule has 2 nitrogen and oxygen atoms in total. The first-order valence-corrected chi connectivity index (χ1v) is 7.66. The highest BCUT2D eigenvalue weighted by atomic mass is 16.2. The molecule has 2 unspecified atom stereocenters. The van der Waals surface area contributed by atoms with Gasteiger partial charge in [0.1, 0.15) is 11.7 Å². The Morgan fingerprint density at radius 2 is 1.60 bits per heavy atom. The van der Waals surface area contributed by atoms with E-state index >= 15 is 0 Å². The van der Waals surface area contributed by atoms with Crippen LogP contribution in [-0.2, 0) is 9.59 Å². The molecular formula is C18H22O2. The van der Waals surface area contributed by atoms with Crippen molar-refractivity contribution in [3.63, 3.8) is 0 Å². The summed E-state index contributed by atoms with van der Waals surface area (Å²) in [6.07, 6.45) is 3.81. The molecule has 1 aromatic carbocycles. The zero-order valence-corrected chi connectivity index (χ0v) is 12.5. The van der Waals surface area contributed by atoms with E-state index < -0.39 is 5.92 Å². The fraction of sp³-hybridized carbons (Fsp3) is 0.556. The molecule has 3 rings (SSSR count). The van der Waals surface area contributed by atoms with Crippen molar-refractivity contribution in [2.24, 2.45) is 5.92 Å². The van der Waals surface area contributed by atoms with Crippen molar-refractivity contribution in [3.8, 4) is 0 Å². The Morgan fingerprint density at radius 1 is 1.00 bits per heavy atom.